The Kier molecular flexibility index (Phi) is 6.26. The number of halogens is 1. The molecule has 2 rings (SSSR count). The Balaban J connectivity index is 0.00000220. The van der Waals surface area contributed by atoms with Gasteiger partial charge in [-0.25, -0.2) is 14.6 Å². The van der Waals surface area contributed by atoms with E-state index in [-0.39, 0.29) is 24.2 Å². The third kappa shape index (κ3) is 4.24. The molecular formula is C13H19ClN6O. The van der Waals surface area contributed by atoms with Crippen molar-refractivity contribution in [3.8, 4) is 5.95 Å². The summed E-state index contributed by atoms with van der Waals surface area (Å²) < 4.78 is 1.49. The first-order chi connectivity index (χ1) is 9.61. The molecule has 8 heteroatoms. The van der Waals surface area contributed by atoms with Crippen molar-refractivity contribution in [3.05, 3.63) is 30.9 Å². The van der Waals surface area contributed by atoms with Gasteiger partial charge in [-0.2, -0.15) is 5.10 Å². The highest BCUT2D eigenvalue weighted by Gasteiger charge is 2.19. The van der Waals surface area contributed by atoms with Gasteiger partial charge in [0, 0.05) is 12.4 Å². The molecule has 0 aliphatic carbocycles. The molecule has 2 atom stereocenters. The molecule has 3 N–H and O–H groups in total. The fourth-order valence-corrected chi connectivity index (χ4v) is 1.64. The monoisotopic (exact) mass is 310 g/mol. The number of amides is 1. The number of carbonyl (C=O) groups excluding carboxylic acids is 1. The van der Waals surface area contributed by atoms with Crippen LogP contribution in [0, 0.1) is 5.92 Å². The number of hydrogen-bond acceptors (Lipinski definition) is 5. The standard InChI is InChI=1S/C13H18N6O.ClH/c1-3-9(2)11(14)12(20)18-10-7-17-19(8-10)13-15-5-4-6-16-13;/h4-9,11H,3,14H2,1-2H3,(H,18,20);1H. The number of rotatable bonds is 5. The fraction of sp³-hybridized carbons (Fsp3) is 0.385. The highest BCUT2D eigenvalue weighted by Crippen LogP contribution is 2.11. The van der Waals surface area contributed by atoms with E-state index in [0.717, 1.165) is 6.42 Å². The molecule has 21 heavy (non-hydrogen) atoms. The molecular weight excluding hydrogens is 292 g/mol. The van der Waals surface area contributed by atoms with Crippen molar-refractivity contribution in [2.24, 2.45) is 11.7 Å². The Morgan fingerprint density at radius 2 is 2.10 bits per heavy atom. The molecule has 1 amide bonds. The van der Waals surface area contributed by atoms with Gasteiger partial charge in [-0.3, -0.25) is 4.79 Å². The average Bonchev–Trinajstić information content (AvgIpc) is 2.95. The normalized spacial score (nSPS) is 13.1. The van der Waals surface area contributed by atoms with Gasteiger partial charge in [-0.1, -0.05) is 20.3 Å². The number of aromatic nitrogens is 4. The number of carbonyl (C=O) groups is 1. The summed E-state index contributed by atoms with van der Waals surface area (Å²) >= 11 is 0. The van der Waals surface area contributed by atoms with E-state index in [2.05, 4.69) is 20.4 Å². The molecule has 0 aromatic carbocycles. The van der Waals surface area contributed by atoms with E-state index in [4.69, 9.17) is 5.73 Å². The van der Waals surface area contributed by atoms with Crippen LogP contribution in [-0.2, 0) is 4.79 Å². The molecule has 2 heterocycles. The molecule has 2 aromatic heterocycles. The molecule has 0 radical (unpaired) electrons. The van der Waals surface area contributed by atoms with Gasteiger partial charge in [0.2, 0.25) is 11.9 Å². The number of nitrogens with one attached hydrogen (secondary N) is 1. The Bertz CT molecular complexity index is 573. The number of nitrogens with two attached hydrogens (primary N) is 1. The van der Waals surface area contributed by atoms with Crippen molar-refractivity contribution >= 4 is 24.0 Å². The molecule has 0 aliphatic heterocycles. The van der Waals surface area contributed by atoms with Crippen LogP contribution in [0.4, 0.5) is 5.69 Å². The van der Waals surface area contributed by atoms with Crippen molar-refractivity contribution in [1.82, 2.24) is 19.7 Å². The van der Waals surface area contributed by atoms with Crippen LogP contribution in [0.5, 0.6) is 0 Å². The molecule has 2 aromatic rings. The summed E-state index contributed by atoms with van der Waals surface area (Å²) in [7, 11) is 0. The summed E-state index contributed by atoms with van der Waals surface area (Å²) in [5.41, 5.74) is 6.44. The number of nitrogens with zero attached hydrogens (tertiary/aromatic N) is 4. The minimum Gasteiger partial charge on any atom is -0.322 e. The molecule has 7 nitrogen and oxygen atoms in total. The molecule has 2 unspecified atom stereocenters. The van der Waals surface area contributed by atoms with Crippen molar-refractivity contribution in [3.63, 3.8) is 0 Å². The van der Waals surface area contributed by atoms with Crippen molar-refractivity contribution in [2.75, 3.05) is 5.32 Å². The molecule has 0 bridgehead atoms. The Labute approximate surface area is 129 Å². The van der Waals surface area contributed by atoms with Crippen LogP contribution in [0.15, 0.2) is 30.9 Å². The summed E-state index contributed by atoms with van der Waals surface area (Å²) in [6.45, 7) is 3.95. The van der Waals surface area contributed by atoms with E-state index in [1.54, 1.807) is 24.7 Å². The van der Waals surface area contributed by atoms with Crippen molar-refractivity contribution in [1.29, 1.82) is 0 Å². The van der Waals surface area contributed by atoms with Gasteiger partial charge in [0.25, 0.3) is 0 Å². The Morgan fingerprint density at radius 1 is 1.43 bits per heavy atom. The highest BCUT2D eigenvalue weighted by atomic mass is 35.5. The maximum atomic E-state index is 12.0. The predicted octanol–water partition coefficient (Wildman–Crippen LogP) is 1.40. The van der Waals surface area contributed by atoms with E-state index in [0.29, 0.717) is 11.6 Å². The first-order valence-corrected chi connectivity index (χ1v) is 6.50. The first-order valence-electron chi connectivity index (χ1n) is 6.50. The second-order valence-corrected chi connectivity index (χ2v) is 4.62. The quantitative estimate of drug-likeness (QED) is 0.869. The van der Waals surface area contributed by atoms with Gasteiger partial charge in [0.15, 0.2) is 0 Å². The third-order valence-electron chi connectivity index (χ3n) is 3.17. The SMILES string of the molecule is CCC(C)C(N)C(=O)Nc1cnn(-c2ncccn2)c1.Cl. The molecule has 0 spiro atoms. The summed E-state index contributed by atoms with van der Waals surface area (Å²) in [5.74, 6) is 0.356. The van der Waals surface area contributed by atoms with Gasteiger partial charge in [0.05, 0.1) is 24.1 Å². The van der Waals surface area contributed by atoms with Gasteiger partial charge in [-0.05, 0) is 12.0 Å². The van der Waals surface area contributed by atoms with Gasteiger partial charge < -0.3 is 11.1 Å². The van der Waals surface area contributed by atoms with Gasteiger partial charge in [0.1, 0.15) is 0 Å². The topological polar surface area (TPSA) is 98.7 Å². The van der Waals surface area contributed by atoms with E-state index < -0.39 is 6.04 Å². The fourth-order valence-electron chi connectivity index (χ4n) is 1.64. The Hall–Kier alpha value is -1.99. The van der Waals surface area contributed by atoms with Crippen LogP contribution in [0.3, 0.4) is 0 Å². The van der Waals surface area contributed by atoms with Crippen LogP contribution in [0.25, 0.3) is 5.95 Å². The molecule has 114 valence electrons. The van der Waals surface area contributed by atoms with E-state index in [1.807, 2.05) is 13.8 Å². The third-order valence-corrected chi connectivity index (χ3v) is 3.17. The van der Waals surface area contributed by atoms with Crippen LogP contribution in [0.1, 0.15) is 20.3 Å². The number of hydrogen-bond donors (Lipinski definition) is 2. The lowest BCUT2D eigenvalue weighted by molar-refractivity contribution is -0.118. The summed E-state index contributed by atoms with van der Waals surface area (Å²) in [6, 6.07) is 1.19. The second-order valence-electron chi connectivity index (χ2n) is 4.62. The second kappa shape index (κ2) is 7.70. The molecule has 0 saturated heterocycles. The smallest absolute Gasteiger partial charge is 0.250 e. The van der Waals surface area contributed by atoms with Gasteiger partial charge >= 0.3 is 0 Å². The average molecular weight is 311 g/mol. The number of anilines is 1. The summed E-state index contributed by atoms with van der Waals surface area (Å²) in [6.07, 6.45) is 7.29. The largest absolute Gasteiger partial charge is 0.322 e. The minimum atomic E-state index is -0.531. The zero-order valence-electron chi connectivity index (χ0n) is 11.9. The van der Waals surface area contributed by atoms with Crippen molar-refractivity contribution in [2.45, 2.75) is 26.3 Å². The van der Waals surface area contributed by atoms with E-state index >= 15 is 0 Å². The predicted molar refractivity (Wildman–Crippen MR) is 82.5 cm³/mol. The summed E-state index contributed by atoms with van der Waals surface area (Å²) in [5, 5.41) is 6.84. The molecule has 0 aliphatic rings. The lowest BCUT2D eigenvalue weighted by atomic mass is 9.99. The maximum Gasteiger partial charge on any atom is 0.250 e. The zero-order chi connectivity index (χ0) is 14.5. The van der Waals surface area contributed by atoms with Crippen LogP contribution < -0.4 is 11.1 Å². The van der Waals surface area contributed by atoms with Crippen LogP contribution >= 0.6 is 12.4 Å². The Morgan fingerprint density at radius 3 is 2.71 bits per heavy atom. The maximum absolute atomic E-state index is 12.0. The van der Waals surface area contributed by atoms with Crippen molar-refractivity contribution < 1.29 is 4.79 Å². The van der Waals surface area contributed by atoms with Gasteiger partial charge in [-0.15, -0.1) is 12.4 Å². The molecule has 0 fully saturated rings. The van der Waals surface area contributed by atoms with Crippen LogP contribution in [0.2, 0.25) is 0 Å². The van der Waals surface area contributed by atoms with E-state index in [1.165, 1.54) is 10.9 Å². The minimum absolute atomic E-state index is 0. The highest BCUT2D eigenvalue weighted by molar-refractivity contribution is 5.94. The van der Waals surface area contributed by atoms with Crippen LogP contribution in [-0.4, -0.2) is 31.7 Å². The van der Waals surface area contributed by atoms with E-state index in [9.17, 15) is 4.79 Å². The lowest BCUT2D eigenvalue weighted by Crippen LogP contribution is -2.40. The summed E-state index contributed by atoms with van der Waals surface area (Å²) in [4.78, 5) is 20.1. The zero-order valence-corrected chi connectivity index (χ0v) is 12.7. The first kappa shape index (κ1) is 17.1. The lowest BCUT2D eigenvalue weighted by Gasteiger charge is -2.16. The molecule has 0 saturated carbocycles.